The normalized spacial score (nSPS) is 13.2. The van der Waals surface area contributed by atoms with Crippen LogP contribution in [0.25, 0.3) is 0 Å². The topological polar surface area (TPSA) is 86.3 Å². The molecule has 1 aliphatic rings. The summed E-state index contributed by atoms with van der Waals surface area (Å²) >= 11 is 1.29. The van der Waals surface area contributed by atoms with E-state index in [0.29, 0.717) is 11.0 Å². The van der Waals surface area contributed by atoms with Gasteiger partial charge in [-0.1, -0.05) is 48.2 Å². The highest BCUT2D eigenvalue weighted by Crippen LogP contribution is 2.28. The van der Waals surface area contributed by atoms with Crippen LogP contribution in [0.5, 0.6) is 5.75 Å². The number of nitrogen functional groups attached to an aromatic ring is 1. The molecule has 4 rings (SSSR count). The number of para-hydroxylation sites is 2. The SMILES string of the molecule is Cc1cccc(C)c1OCc1nnc(SCC(=O)N2CCCc3ccccc32)n1N. The third-order valence-electron chi connectivity index (χ3n) is 5.23. The minimum Gasteiger partial charge on any atom is -0.485 e. The van der Waals surface area contributed by atoms with E-state index >= 15 is 0 Å². The molecule has 0 saturated heterocycles. The van der Waals surface area contributed by atoms with E-state index in [0.717, 1.165) is 42.0 Å². The lowest BCUT2D eigenvalue weighted by Crippen LogP contribution is -2.36. The lowest BCUT2D eigenvalue weighted by Gasteiger charge is -2.29. The first kappa shape index (κ1) is 20.3. The molecule has 3 aromatic rings. The maximum atomic E-state index is 12.8. The van der Waals surface area contributed by atoms with Crippen molar-refractivity contribution in [3.05, 3.63) is 65.0 Å². The summed E-state index contributed by atoms with van der Waals surface area (Å²) in [5.41, 5.74) is 4.33. The first-order valence-electron chi connectivity index (χ1n) is 9.94. The fourth-order valence-corrected chi connectivity index (χ4v) is 4.42. The van der Waals surface area contributed by atoms with Gasteiger partial charge in [0.15, 0.2) is 5.82 Å². The molecular weight excluding hydrogens is 398 g/mol. The van der Waals surface area contributed by atoms with Gasteiger partial charge in [-0.3, -0.25) is 4.79 Å². The number of carbonyl (C=O) groups excluding carboxylic acids is 1. The highest BCUT2D eigenvalue weighted by Gasteiger charge is 2.23. The Labute approximate surface area is 180 Å². The molecule has 30 heavy (non-hydrogen) atoms. The molecule has 7 nitrogen and oxygen atoms in total. The first-order chi connectivity index (χ1) is 14.5. The Hall–Kier alpha value is -3.00. The van der Waals surface area contributed by atoms with Crippen LogP contribution in [-0.4, -0.2) is 33.1 Å². The Bertz CT molecular complexity index is 1050. The van der Waals surface area contributed by atoms with Crippen molar-refractivity contribution in [3.63, 3.8) is 0 Å². The van der Waals surface area contributed by atoms with E-state index in [2.05, 4.69) is 16.3 Å². The Morgan fingerprint density at radius 1 is 1.13 bits per heavy atom. The lowest BCUT2D eigenvalue weighted by molar-refractivity contribution is -0.116. The molecule has 2 aromatic carbocycles. The van der Waals surface area contributed by atoms with Crippen LogP contribution < -0.4 is 15.5 Å². The fraction of sp³-hybridized carbons (Fsp3) is 0.318. The van der Waals surface area contributed by atoms with Crippen molar-refractivity contribution in [1.29, 1.82) is 0 Å². The van der Waals surface area contributed by atoms with Crippen LogP contribution in [0.3, 0.4) is 0 Å². The number of fused-ring (bicyclic) bond motifs is 1. The summed E-state index contributed by atoms with van der Waals surface area (Å²) in [5, 5.41) is 8.76. The number of ether oxygens (including phenoxy) is 1. The van der Waals surface area contributed by atoms with Crippen molar-refractivity contribution in [3.8, 4) is 5.75 Å². The number of hydrogen-bond donors (Lipinski definition) is 1. The van der Waals surface area contributed by atoms with Crippen molar-refractivity contribution in [2.24, 2.45) is 0 Å². The van der Waals surface area contributed by atoms with Gasteiger partial charge in [0, 0.05) is 12.2 Å². The zero-order chi connectivity index (χ0) is 21.1. The second-order valence-electron chi connectivity index (χ2n) is 7.34. The molecule has 8 heteroatoms. The van der Waals surface area contributed by atoms with Crippen LogP contribution in [0.15, 0.2) is 47.6 Å². The summed E-state index contributed by atoms with van der Waals surface area (Å²) in [6, 6.07) is 14.1. The van der Waals surface area contributed by atoms with Gasteiger partial charge in [-0.05, 0) is 49.4 Å². The molecule has 1 amide bonds. The number of amides is 1. The van der Waals surface area contributed by atoms with E-state index in [4.69, 9.17) is 10.6 Å². The van der Waals surface area contributed by atoms with Gasteiger partial charge in [-0.15, -0.1) is 10.2 Å². The summed E-state index contributed by atoms with van der Waals surface area (Å²) in [6.07, 6.45) is 1.98. The third kappa shape index (κ3) is 4.14. The minimum atomic E-state index is 0.0449. The number of hydrogen-bond acceptors (Lipinski definition) is 6. The van der Waals surface area contributed by atoms with Gasteiger partial charge in [-0.2, -0.15) is 0 Å². The molecule has 156 valence electrons. The zero-order valence-electron chi connectivity index (χ0n) is 17.2. The van der Waals surface area contributed by atoms with E-state index in [9.17, 15) is 4.79 Å². The average molecular weight is 424 g/mol. The minimum absolute atomic E-state index is 0.0449. The summed E-state index contributed by atoms with van der Waals surface area (Å²) in [5.74, 6) is 7.78. The Kier molecular flexibility index (Phi) is 5.94. The lowest BCUT2D eigenvalue weighted by atomic mass is 10.0. The van der Waals surface area contributed by atoms with Gasteiger partial charge in [0.25, 0.3) is 0 Å². The van der Waals surface area contributed by atoms with Gasteiger partial charge in [0.1, 0.15) is 12.4 Å². The van der Waals surface area contributed by atoms with Crippen molar-refractivity contribution in [2.75, 3.05) is 23.0 Å². The van der Waals surface area contributed by atoms with E-state index in [1.165, 1.54) is 22.0 Å². The number of carbonyl (C=O) groups is 1. The monoisotopic (exact) mass is 423 g/mol. The first-order valence-corrected chi connectivity index (χ1v) is 10.9. The molecule has 1 aromatic heterocycles. The second kappa shape index (κ2) is 8.79. The van der Waals surface area contributed by atoms with E-state index < -0.39 is 0 Å². The summed E-state index contributed by atoms with van der Waals surface area (Å²) in [7, 11) is 0. The predicted octanol–water partition coefficient (Wildman–Crippen LogP) is 3.26. The van der Waals surface area contributed by atoms with Gasteiger partial charge >= 0.3 is 0 Å². The maximum absolute atomic E-state index is 12.8. The number of anilines is 1. The van der Waals surface area contributed by atoms with Crippen LogP contribution >= 0.6 is 11.8 Å². The van der Waals surface area contributed by atoms with Crippen molar-refractivity contribution in [1.82, 2.24) is 14.9 Å². The molecule has 0 saturated carbocycles. The van der Waals surface area contributed by atoms with Gasteiger partial charge in [0.2, 0.25) is 11.1 Å². The van der Waals surface area contributed by atoms with Crippen LogP contribution in [0.4, 0.5) is 5.69 Å². The van der Waals surface area contributed by atoms with Crippen LogP contribution in [0.2, 0.25) is 0 Å². The van der Waals surface area contributed by atoms with Gasteiger partial charge < -0.3 is 15.5 Å². The Morgan fingerprint density at radius 3 is 2.70 bits per heavy atom. The molecule has 0 spiro atoms. The van der Waals surface area contributed by atoms with Gasteiger partial charge in [-0.25, -0.2) is 4.68 Å². The predicted molar refractivity (Wildman–Crippen MR) is 118 cm³/mol. The van der Waals surface area contributed by atoms with E-state index in [-0.39, 0.29) is 18.3 Å². The van der Waals surface area contributed by atoms with E-state index in [1.54, 1.807) is 0 Å². The molecule has 0 radical (unpaired) electrons. The molecule has 0 fully saturated rings. The van der Waals surface area contributed by atoms with Crippen molar-refractivity contribution in [2.45, 2.75) is 38.5 Å². The number of benzene rings is 2. The maximum Gasteiger partial charge on any atom is 0.237 e. The molecule has 0 bridgehead atoms. The Balaban J connectivity index is 1.39. The molecule has 2 N–H and O–H groups in total. The standard InChI is InChI=1S/C22H25N5O2S/c1-15-7-5-8-16(2)21(15)29-13-19-24-25-22(27(19)23)30-14-20(28)26-12-6-10-17-9-3-4-11-18(17)26/h3-5,7-9,11H,6,10,12-14,23H2,1-2H3. The highest BCUT2D eigenvalue weighted by molar-refractivity contribution is 7.99. The fourth-order valence-electron chi connectivity index (χ4n) is 3.66. The number of aromatic nitrogens is 3. The second-order valence-corrected chi connectivity index (χ2v) is 8.29. The van der Waals surface area contributed by atoms with Crippen LogP contribution in [0.1, 0.15) is 28.9 Å². The smallest absolute Gasteiger partial charge is 0.237 e. The molecule has 1 aliphatic heterocycles. The molecule has 2 heterocycles. The van der Waals surface area contributed by atoms with E-state index in [1.807, 2.05) is 55.1 Å². The van der Waals surface area contributed by atoms with Crippen LogP contribution in [0, 0.1) is 13.8 Å². The zero-order valence-corrected chi connectivity index (χ0v) is 18.0. The number of thioether (sulfide) groups is 1. The quantitative estimate of drug-likeness (QED) is 0.484. The van der Waals surface area contributed by atoms with Gasteiger partial charge in [0.05, 0.1) is 5.75 Å². The van der Waals surface area contributed by atoms with Crippen LogP contribution in [-0.2, 0) is 17.8 Å². The van der Waals surface area contributed by atoms with Crippen molar-refractivity contribution >= 4 is 23.4 Å². The molecule has 0 aliphatic carbocycles. The summed E-state index contributed by atoms with van der Waals surface area (Å²) in [4.78, 5) is 14.7. The van der Waals surface area contributed by atoms with Crippen molar-refractivity contribution < 1.29 is 9.53 Å². The largest absolute Gasteiger partial charge is 0.485 e. The molecule has 0 unspecified atom stereocenters. The molecule has 0 atom stereocenters. The Morgan fingerprint density at radius 2 is 1.90 bits per heavy atom. The highest BCUT2D eigenvalue weighted by atomic mass is 32.2. The molecular formula is C22H25N5O2S. The number of aryl methyl sites for hydroxylation is 3. The number of rotatable bonds is 6. The number of nitrogens with two attached hydrogens (primary N) is 1. The summed E-state index contributed by atoms with van der Waals surface area (Å²) < 4.78 is 7.32. The summed E-state index contributed by atoms with van der Waals surface area (Å²) in [6.45, 7) is 4.95. The average Bonchev–Trinajstić information content (AvgIpc) is 3.10. The third-order valence-corrected chi connectivity index (χ3v) is 6.15. The number of nitrogens with zero attached hydrogens (tertiary/aromatic N) is 4.